The van der Waals surface area contributed by atoms with Crippen LogP contribution >= 0.6 is 22.6 Å². The molecule has 0 fully saturated rings. The first kappa shape index (κ1) is 19.3. The minimum Gasteiger partial charge on any atom is -0.350 e. The van der Waals surface area contributed by atoms with E-state index in [0.29, 0.717) is 11.1 Å². The maximum atomic E-state index is 12.0. The number of primary sulfonamides is 1. The first-order chi connectivity index (χ1) is 11.8. The molecule has 0 saturated heterocycles. The van der Waals surface area contributed by atoms with Crippen LogP contribution in [0.25, 0.3) is 0 Å². The number of sulfonamides is 1. The molecule has 25 heavy (non-hydrogen) atoms. The van der Waals surface area contributed by atoms with Crippen LogP contribution in [-0.4, -0.2) is 26.8 Å². The average Bonchev–Trinajstić information content (AvgIpc) is 2.58. The lowest BCUT2D eigenvalue weighted by Gasteiger charge is -2.08. The highest BCUT2D eigenvalue weighted by atomic mass is 127. The Hall–Kier alpha value is -1.98. The van der Waals surface area contributed by atoms with Crippen molar-refractivity contribution in [1.29, 1.82) is 0 Å². The van der Waals surface area contributed by atoms with Gasteiger partial charge in [0.1, 0.15) is 0 Å². The van der Waals surface area contributed by atoms with Crippen molar-refractivity contribution < 1.29 is 18.0 Å². The molecule has 0 atom stereocenters. The Kier molecular flexibility index (Phi) is 6.51. The van der Waals surface area contributed by atoms with Gasteiger partial charge in [0.2, 0.25) is 15.9 Å². The van der Waals surface area contributed by atoms with Gasteiger partial charge in [0.25, 0.3) is 5.91 Å². The van der Waals surface area contributed by atoms with Crippen LogP contribution in [0.15, 0.2) is 53.4 Å². The molecule has 9 heteroatoms. The summed E-state index contributed by atoms with van der Waals surface area (Å²) in [6.07, 6.45) is 0. The van der Waals surface area contributed by atoms with Crippen molar-refractivity contribution in [2.24, 2.45) is 5.14 Å². The van der Waals surface area contributed by atoms with Gasteiger partial charge in [0.15, 0.2) is 0 Å². The van der Waals surface area contributed by atoms with Gasteiger partial charge >= 0.3 is 0 Å². The van der Waals surface area contributed by atoms with Gasteiger partial charge in [0, 0.05) is 10.1 Å². The van der Waals surface area contributed by atoms with Gasteiger partial charge in [-0.1, -0.05) is 24.3 Å². The summed E-state index contributed by atoms with van der Waals surface area (Å²) in [6.45, 7) is 0.0571. The van der Waals surface area contributed by atoms with Crippen molar-refractivity contribution in [2.75, 3.05) is 6.54 Å². The number of carbonyl (C=O) groups excluding carboxylic acids is 2. The van der Waals surface area contributed by atoms with Crippen molar-refractivity contribution in [2.45, 2.75) is 11.4 Å². The Bertz CT molecular complexity index is 883. The molecule has 0 aliphatic heterocycles. The number of benzene rings is 2. The van der Waals surface area contributed by atoms with E-state index < -0.39 is 10.0 Å². The lowest BCUT2D eigenvalue weighted by Crippen LogP contribution is -2.36. The molecular formula is C16H16IN3O4S. The number of hydrogen-bond donors (Lipinski definition) is 3. The summed E-state index contributed by atoms with van der Waals surface area (Å²) in [5, 5.41) is 10.2. The molecule has 0 saturated carbocycles. The summed E-state index contributed by atoms with van der Waals surface area (Å²) < 4.78 is 23.1. The third kappa shape index (κ3) is 5.80. The Morgan fingerprint density at radius 3 is 2.24 bits per heavy atom. The van der Waals surface area contributed by atoms with Crippen molar-refractivity contribution in [3.8, 4) is 0 Å². The molecule has 4 N–H and O–H groups in total. The quantitative estimate of drug-likeness (QED) is 0.543. The number of nitrogens with two attached hydrogens (primary N) is 1. The first-order valence-electron chi connectivity index (χ1n) is 7.18. The number of halogens is 1. The molecule has 2 aromatic carbocycles. The van der Waals surface area contributed by atoms with Gasteiger partial charge < -0.3 is 10.6 Å². The van der Waals surface area contributed by atoms with Crippen molar-refractivity contribution >= 4 is 44.4 Å². The predicted octanol–water partition coefficient (Wildman–Crippen LogP) is 0.985. The fraction of sp³-hybridized carbons (Fsp3) is 0.125. The monoisotopic (exact) mass is 473 g/mol. The molecule has 7 nitrogen and oxygen atoms in total. The van der Waals surface area contributed by atoms with Crippen LogP contribution < -0.4 is 15.8 Å². The zero-order chi connectivity index (χ0) is 18.4. The average molecular weight is 473 g/mol. The zero-order valence-electron chi connectivity index (χ0n) is 13.0. The van der Waals surface area contributed by atoms with Gasteiger partial charge in [-0.05, 0) is 52.4 Å². The predicted molar refractivity (Wildman–Crippen MR) is 101 cm³/mol. The molecular weight excluding hydrogens is 457 g/mol. The third-order valence-corrected chi connectivity index (χ3v) is 5.14. The highest BCUT2D eigenvalue weighted by molar-refractivity contribution is 14.1. The van der Waals surface area contributed by atoms with Gasteiger partial charge in [-0.25, -0.2) is 13.6 Å². The molecule has 2 aromatic rings. The maximum Gasteiger partial charge on any atom is 0.252 e. The second kappa shape index (κ2) is 8.41. The largest absolute Gasteiger partial charge is 0.350 e. The van der Waals surface area contributed by atoms with E-state index >= 15 is 0 Å². The second-order valence-electron chi connectivity index (χ2n) is 5.13. The fourth-order valence-electron chi connectivity index (χ4n) is 1.96. The smallest absolute Gasteiger partial charge is 0.252 e. The van der Waals surface area contributed by atoms with Crippen LogP contribution in [0.5, 0.6) is 0 Å². The number of nitrogens with one attached hydrogen (secondary N) is 2. The van der Waals surface area contributed by atoms with Crippen LogP contribution in [0.1, 0.15) is 15.9 Å². The minimum atomic E-state index is -3.73. The minimum absolute atomic E-state index is 0.00676. The number of hydrogen-bond acceptors (Lipinski definition) is 4. The van der Waals surface area contributed by atoms with Gasteiger partial charge in [-0.15, -0.1) is 0 Å². The molecule has 0 unspecified atom stereocenters. The Morgan fingerprint density at radius 2 is 1.64 bits per heavy atom. The lowest BCUT2D eigenvalue weighted by atomic mass is 10.2. The molecule has 0 aromatic heterocycles. The van der Waals surface area contributed by atoms with E-state index in [1.54, 1.807) is 30.3 Å². The molecule has 132 valence electrons. The zero-order valence-corrected chi connectivity index (χ0v) is 16.0. The first-order valence-corrected chi connectivity index (χ1v) is 9.81. The van der Waals surface area contributed by atoms with E-state index in [9.17, 15) is 18.0 Å². The summed E-state index contributed by atoms with van der Waals surface area (Å²) in [4.78, 5) is 23.8. The fourth-order valence-corrected chi connectivity index (χ4v) is 3.11. The molecule has 2 amide bonds. The van der Waals surface area contributed by atoms with Gasteiger partial charge in [-0.3, -0.25) is 9.59 Å². The third-order valence-electron chi connectivity index (χ3n) is 3.27. The standard InChI is InChI=1S/C16H16IN3O4S/c17-14-4-2-1-3-13(14)16(22)20-10-15(21)19-9-11-5-7-12(8-6-11)25(18,23)24/h1-8H,9-10H2,(H,19,21)(H,20,22)(H2,18,23,24). The van der Waals surface area contributed by atoms with Crippen LogP contribution in [0, 0.1) is 3.57 Å². The summed E-state index contributed by atoms with van der Waals surface area (Å²) >= 11 is 2.05. The summed E-state index contributed by atoms with van der Waals surface area (Å²) in [5.41, 5.74) is 1.22. The number of carbonyl (C=O) groups is 2. The molecule has 0 heterocycles. The van der Waals surface area contributed by atoms with Gasteiger partial charge in [-0.2, -0.15) is 0 Å². The topological polar surface area (TPSA) is 118 Å². The van der Waals surface area contributed by atoms with Crippen molar-refractivity contribution in [1.82, 2.24) is 10.6 Å². The Balaban J connectivity index is 1.83. The van der Waals surface area contributed by atoms with E-state index in [1.807, 2.05) is 6.07 Å². The Morgan fingerprint density at radius 1 is 1.00 bits per heavy atom. The van der Waals surface area contributed by atoms with Crippen molar-refractivity contribution in [3.05, 3.63) is 63.2 Å². The van der Waals surface area contributed by atoms with Gasteiger partial charge in [0.05, 0.1) is 17.0 Å². The molecule has 0 radical (unpaired) electrons. The number of rotatable bonds is 6. The SMILES string of the molecule is NS(=O)(=O)c1ccc(CNC(=O)CNC(=O)c2ccccc2I)cc1. The molecule has 0 bridgehead atoms. The molecule has 0 spiro atoms. The molecule has 0 aliphatic carbocycles. The summed E-state index contributed by atoms with van der Waals surface area (Å²) in [5.74, 6) is -0.674. The van der Waals surface area contributed by atoms with Crippen LogP contribution in [0.2, 0.25) is 0 Å². The normalized spacial score (nSPS) is 11.0. The van der Waals surface area contributed by atoms with E-state index in [4.69, 9.17) is 5.14 Å². The van der Waals surface area contributed by atoms with Crippen LogP contribution in [0.4, 0.5) is 0 Å². The highest BCUT2D eigenvalue weighted by Crippen LogP contribution is 2.11. The van der Waals surface area contributed by atoms with Crippen molar-refractivity contribution in [3.63, 3.8) is 0 Å². The maximum absolute atomic E-state index is 12.0. The Labute approximate surface area is 159 Å². The van der Waals surface area contributed by atoms with E-state index in [2.05, 4.69) is 33.2 Å². The molecule has 0 aliphatic rings. The summed E-state index contributed by atoms with van der Waals surface area (Å²) in [7, 11) is -3.73. The van der Waals surface area contributed by atoms with E-state index in [-0.39, 0.29) is 29.8 Å². The summed E-state index contributed by atoms with van der Waals surface area (Å²) in [6, 6.07) is 12.9. The van der Waals surface area contributed by atoms with E-state index in [1.165, 1.54) is 12.1 Å². The van der Waals surface area contributed by atoms with E-state index in [0.717, 1.165) is 3.57 Å². The second-order valence-corrected chi connectivity index (χ2v) is 7.85. The highest BCUT2D eigenvalue weighted by Gasteiger charge is 2.11. The number of amides is 2. The molecule has 2 rings (SSSR count). The van der Waals surface area contributed by atoms with Crippen LogP contribution in [-0.2, 0) is 21.4 Å². The van der Waals surface area contributed by atoms with Crippen LogP contribution in [0.3, 0.4) is 0 Å². The lowest BCUT2D eigenvalue weighted by molar-refractivity contribution is -0.120.